The van der Waals surface area contributed by atoms with Crippen LogP contribution in [-0.2, 0) is 22.4 Å². The zero-order valence-corrected chi connectivity index (χ0v) is 17.4. The van der Waals surface area contributed by atoms with Crippen LogP contribution in [0.1, 0.15) is 85.7 Å². The van der Waals surface area contributed by atoms with E-state index in [9.17, 15) is 4.79 Å². The lowest BCUT2D eigenvalue weighted by Crippen LogP contribution is -2.55. The molecule has 1 amide bonds. The second kappa shape index (κ2) is 6.84. The van der Waals surface area contributed by atoms with Crippen molar-refractivity contribution in [3.63, 3.8) is 0 Å². The Morgan fingerprint density at radius 2 is 1.74 bits per heavy atom. The van der Waals surface area contributed by atoms with Gasteiger partial charge < -0.3 is 9.64 Å². The Kier molecular flexibility index (Phi) is 4.59. The Morgan fingerprint density at radius 1 is 1.07 bits per heavy atom. The van der Waals surface area contributed by atoms with Crippen LogP contribution in [0, 0.1) is 5.41 Å². The highest BCUT2D eigenvalue weighted by atomic mass is 32.1. The summed E-state index contributed by atoms with van der Waals surface area (Å²) in [6.45, 7) is 1.84. The molecule has 0 aromatic carbocycles. The molecule has 4 fully saturated rings. The normalized spacial score (nSPS) is 33.9. The van der Waals surface area contributed by atoms with Gasteiger partial charge in [0.25, 0.3) is 0 Å². The molecule has 0 atom stereocenters. The summed E-state index contributed by atoms with van der Waals surface area (Å²) in [4.78, 5) is 22.1. The molecule has 4 nitrogen and oxygen atoms in total. The van der Waals surface area contributed by atoms with Crippen molar-refractivity contribution in [1.29, 1.82) is 0 Å². The molecule has 3 saturated carbocycles. The number of carbonyl (C=O) groups is 1. The second-order valence-electron chi connectivity index (χ2n) is 9.36. The van der Waals surface area contributed by atoms with Crippen molar-refractivity contribution in [1.82, 2.24) is 9.88 Å². The molecule has 0 radical (unpaired) electrons. The molecule has 1 aromatic rings. The summed E-state index contributed by atoms with van der Waals surface area (Å²) in [7, 11) is 1.85. The van der Waals surface area contributed by atoms with Gasteiger partial charge in [-0.25, -0.2) is 4.98 Å². The van der Waals surface area contributed by atoms with E-state index in [-0.39, 0.29) is 11.0 Å². The molecule has 4 aliphatic carbocycles. The summed E-state index contributed by atoms with van der Waals surface area (Å²) in [5.41, 5.74) is 1.39. The summed E-state index contributed by atoms with van der Waals surface area (Å²) >= 11 is 1.96. The number of methoxy groups -OCH3 is 1. The van der Waals surface area contributed by atoms with E-state index >= 15 is 0 Å². The molecule has 5 heteroatoms. The van der Waals surface area contributed by atoms with Crippen LogP contribution >= 0.6 is 11.3 Å². The molecule has 6 rings (SSSR count). The van der Waals surface area contributed by atoms with Crippen molar-refractivity contribution in [3.05, 3.63) is 15.6 Å². The topological polar surface area (TPSA) is 42.4 Å². The van der Waals surface area contributed by atoms with E-state index in [4.69, 9.17) is 9.72 Å². The number of amides is 1. The van der Waals surface area contributed by atoms with E-state index in [0.717, 1.165) is 64.5 Å². The smallest absolute Gasteiger partial charge is 0.228 e. The summed E-state index contributed by atoms with van der Waals surface area (Å²) in [5, 5.41) is 1.35. The summed E-state index contributed by atoms with van der Waals surface area (Å²) in [6.07, 6.45) is 13.5. The van der Waals surface area contributed by atoms with Crippen molar-refractivity contribution in [3.8, 4) is 0 Å². The van der Waals surface area contributed by atoms with Crippen LogP contribution in [0.4, 0.5) is 0 Å². The fourth-order valence-electron chi connectivity index (χ4n) is 5.99. The minimum Gasteiger partial charge on any atom is -0.378 e. The number of hydrogen-bond donors (Lipinski definition) is 0. The van der Waals surface area contributed by atoms with Crippen LogP contribution in [-0.4, -0.2) is 41.6 Å². The van der Waals surface area contributed by atoms with Crippen molar-refractivity contribution in [2.24, 2.45) is 5.41 Å². The highest BCUT2D eigenvalue weighted by Gasteiger charge is 2.53. The molecule has 1 aliphatic heterocycles. The van der Waals surface area contributed by atoms with Gasteiger partial charge in [-0.15, -0.1) is 11.3 Å². The van der Waals surface area contributed by atoms with Gasteiger partial charge >= 0.3 is 0 Å². The minimum absolute atomic E-state index is 0.0760. The molecule has 5 aliphatic rings. The molecular formula is C22H32N2O2S. The third-order valence-electron chi connectivity index (χ3n) is 8.06. The van der Waals surface area contributed by atoms with Gasteiger partial charge in [-0.3, -0.25) is 4.79 Å². The Bertz CT molecular complexity index is 672. The van der Waals surface area contributed by atoms with Crippen LogP contribution in [0.2, 0.25) is 0 Å². The van der Waals surface area contributed by atoms with E-state index in [1.54, 1.807) is 4.88 Å². The monoisotopic (exact) mass is 388 g/mol. The zero-order valence-electron chi connectivity index (χ0n) is 16.6. The van der Waals surface area contributed by atoms with E-state index in [0.29, 0.717) is 11.8 Å². The average Bonchev–Trinajstić information content (AvgIpc) is 3.19. The number of nitrogens with zero attached hydrogens (tertiary/aromatic N) is 2. The fraction of sp³-hybridized carbons (Fsp3) is 0.818. The highest BCUT2D eigenvalue weighted by molar-refractivity contribution is 7.11. The molecule has 148 valence electrons. The number of aromatic nitrogens is 1. The first kappa shape index (κ1) is 18.1. The third-order valence-corrected chi connectivity index (χ3v) is 9.38. The van der Waals surface area contributed by atoms with Gasteiger partial charge in [0.2, 0.25) is 5.91 Å². The highest BCUT2D eigenvalue weighted by Crippen LogP contribution is 2.54. The zero-order chi connectivity index (χ0) is 18.5. The van der Waals surface area contributed by atoms with E-state index in [2.05, 4.69) is 4.90 Å². The number of aryl methyl sites for hydroxylation is 2. The number of carbonyl (C=O) groups excluding carboxylic acids is 1. The molecular weight excluding hydrogens is 356 g/mol. The largest absolute Gasteiger partial charge is 0.378 e. The van der Waals surface area contributed by atoms with Gasteiger partial charge in [0, 0.05) is 36.4 Å². The van der Waals surface area contributed by atoms with E-state index < -0.39 is 0 Å². The minimum atomic E-state index is -0.0760. The molecule has 1 saturated heterocycles. The van der Waals surface area contributed by atoms with Crippen molar-refractivity contribution >= 4 is 17.2 Å². The number of ether oxygens (including phenoxy) is 1. The number of rotatable bonds is 3. The maximum atomic E-state index is 13.4. The molecule has 2 heterocycles. The summed E-state index contributed by atoms with van der Waals surface area (Å²) in [5.74, 6) is 1.02. The number of thiazole rings is 1. The maximum Gasteiger partial charge on any atom is 0.228 e. The quantitative estimate of drug-likeness (QED) is 0.767. The third kappa shape index (κ3) is 3.05. The molecule has 1 aromatic heterocycles. The van der Waals surface area contributed by atoms with Gasteiger partial charge in [0.1, 0.15) is 0 Å². The van der Waals surface area contributed by atoms with E-state index in [1.807, 2.05) is 18.4 Å². The fourth-order valence-corrected chi connectivity index (χ4v) is 7.31. The van der Waals surface area contributed by atoms with E-state index in [1.165, 1.54) is 36.4 Å². The van der Waals surface area contributed by atoms with Crippen LogP contribution in [0.5, 0.6) is 0 Å². The number of piperidine rings is 1. The Morgan fingerprint density at radius 3 is 2.37 bits per heavy atom. The lowest BCUT2D eigenvalue weighted by atomic mass is 9.58. The maximum absolute atomic E-state index is 13.4. The number of likely N-dealkylation sites (tertiary alicyclic amines) is 1. The van der Waals surface area contributed by atoms with Crippen LogP contribution < -0.4 is 0 Å². The second-order valence-corrected chi connectivity index (χ2v) is 10.5. The lowest BCUT2D eigenvalue weighted by molar-refractivity contribution is -0.163. The predicted octanol–water partition coefficient (Wildman–Crippen LogP) is 4.47. The first-order valence-corrected chi connectivity index (χ1v) is 11.8. The average molecular weight is 389 g/mol. The number of hydrogen-bond acceptors (Lipinski definition) is 4. The Hall–Kier alpha value is -0.940. The van der Waals surface area contributed by atoms with Crippen molar-refractivity contribution in [2.75, 3.05) is 20.2 Å². The first-order valence-electron chi connectivity index (χ1n) is 11.0. The predicted molar refractivity (Wildman–Crippen MR) is 107 cm³/mol. The van der Waals surface area contributed by atoms with Crippen molar-refractivity contribution < 1.29 is 9.53 Å². The standard InChI is InChI=1S/C22H32N2O2S/c1-26-22-11-8-21(9-12-22,10-13-22)20(25)24-14-6-16(7-15-24)19-23-17-4-2-3-5-18(17)27-19/h16H,2-15H2,1H3. The number of fused-ring (bicyclic) bond motifs is 4. The van der Waals surface area contributed by atoms with Gasteiger partial charge in [-0.2, -0.15) is 0 Å². The molecule has 0 N–H and O–H groups in total. The summed E-state index contributed by atoms with van der Waals surface area (Å²) < 4.78 is 5.80. The van der Waals surface area contributed by atoms with Crippen molar-refractivity contribution in [2.45, 2.75) is 88.6 Å². The van der Waals surface area contributed by atoms with Gasteiger partial charge in [0.15, 0.2) is 0 Å². The van der Waals surface area contributed by atoms with Gasteiger partial charge in [-0.1, -0.05) is 0 Å². The Labute approximate surface area is 166 Å². The molecule has 0 unspecified atom stereocenters. The molecule has 27 heavy (non-hydrogen) atoms. The van der Waals surface area contributed by atoms with Crippen LogP contribution in [0.3, 0.4) is 0 Å². The lowest BCUT2D eigenvalue weighted by Gasteiger charge is -2.53. The van der Waals surface area contributed by atoms with Crippen LogP contribution in [0.15, 0.2) is 0 Å². The SMILES string of the molecule is COC12CCC(C(=O)N3CCC(c4nc5c(s4)CCCC5)CC3)(CC1)CC2. The van der Waals surface area contributed by atoms with Crippen LogP contribution in [0.25, 0.3) is 0 Å². The van der Waals surface area contributed by atoms with Gasteiger partial charge in [-0.05, 0) is 77.0 Å². The molecule has 0 spiro atoms. The Balaban J connectivity index is 1.22. The molecule has 2 bridgehead atoms. The summed E-state index contributed by atoms with van der Waals surface area (Å²) in [6, 6.07) is 0. The van der Waals surface area contributed by atoms with Gasteiger partial charge in [0.05, 0.1) is 16.3 Å². The first-order chi connectivity index (χ1) is 13.1.